The number of hydrogen-bond acceptors (Lipinski definition) is 2. The van der Waals surface area contributed by atoms with E-state index in [0.29, 0.717) is 6.42 Å². The molecule has 0 aromatic heterocycles. The fraction of sp³-hybridized carbons (Fsp3) is 0.400. The van der Waals surface area contributed by atoms with E-state index in [1.165, 1.54) is 0 Å². The van der Waals surface area contributed by atoms with Crippen molar-refractivity contribution in [2.45, 2.75) is 24.1 Å². The van der Waals surface area contributed by atoms with Crippen LogP contribution in [0.4, 0.5) is 13.2 Å². The Morgan fingerprint density at radius 3 is 2.57 bits per heavy atom. The zero-order chi connectivity index (χ0) is 15.5. The van der Waals surface area contributed by atoms with Crippen molar-refractivity contribution in [3.05, 3.63) is 47.0 Å². The maximum absolute atomic E-state index is 12.9. The number of rotatable bonds is 3. The van der Waals surface area contributed by atoms with Crippen molar-refractivity contribution in [3.8, 4) is 0 Å². The van der Waals surface area contributed by atoms with Crippen LogP contribution in [0, 0.1) is 0 Å². The van der Waals surface area contributed by atoms with Crippen molar-refractivity contribution in [3.63, 3.8) is 0 Å². The molecular formula is C15H16F3IO2. The Bertz CT molecular complexity index is 538. The minimum atomic E-state index is -4.10. The van der Waals surface area contributed by atoms with E-state index in [2.05, 4.69) is 0 Å². The Morgan fingerprint density at radius 1 is 1.29 bits per heavy atom. The Morgan fingerprint density at radius 2 is 1.95 bits per heavy atom. The number of benzene rings is 1. The van der Waals surface area contributed by atoms with Crippen molar-refractivity contribution in [2.24, 2.45) is 0 Å². The number of hydrogen-bond donors (Lipinski definition) is 0. The van der Waals surface area contributed by atoms with Gasteiger partial charge in [0, 0.05) is 0 Å². The molecule has 0 atom stereocenters. The number of esters is 1. The van der Waals surface area contributed by atoms with Crippen LogP contribution < -0.4 is 0 Å². The van der Waals surface area contributed by atoms with Crippen molar-refractivity contribution in [1.82, 2.24) is 0 Å². The summed E-state index contributed by atoms with van der Waals surface area (Å²) >= 11 is -3.11. The molecule has 2 nitrogen and oxygen atoms in total. The molecule has 2 rings (SSSR count). The zero-order valence-corrected chi connectivity index (χ0v) is 13.7. The fourth-order valence-electron chi connectivity index (χ4n) is 1.97. The second kappa shape index (κ2) is 6.81. The van der Waals surface area contributed by atoms with Crippen LogP contribution in [-0.2, 0) is 16.1 Å². The second-order valence-electron chi connectivity index (χ2n) is 4.78. The first-order valence-corrected chi connectivity index (χ1v) is 10.6. The summed E-state index contributed by atoms with van der Waals surface area (Å²) in [5.74, 6) is -0.595. The first kappa shape index (κ1) is 16.3. The van der Waals surface area contributed by atoms with E-state index >= 15 is 0 Å². The van der Waals surface area contributed by atoms with Gasteiger partial charge < -0.3 is 0 Å². The fourth-order valence-corrected chi connectivity index (χ4v) is 6.74. The van der Waals surface area contributed by atoms with E-state index in [4.69, 9.17) is 4.74 Å². The average molecular weight is 412 g/mol. The summed E-state index contributed by atoms with van der Waals surface area (Å²) < 4.78 is 39.7. The number of halogens is 4. The molecule has 0 saturated heterocycles. The van der Waals surface area contributed by atoms with Gasteiger partial charge in [0.25, 0.3) is 0 Å². The van der Waals surface area contributed by atoms with Gasteiger partial charge in [-0.05, 0) is 0 Å². The van der Waals surface area contributed by atoms with Crippen LogP contribution in [-0.4, -0.2) is 19.0 Å². The predicted octanol–water partition coefficient (Wildman–Crippen LogP) is 4.48. The molecule has 0 unspecified atom stereocenters. The molecule has 0 saturated carbocycles. The number of ether oxygens (including phenoxy) is 1. The van der Waals surface area contributed by atoms with E-state index in [9.17, 15) is 18.0 Å². The monoisotopic (exact) mass is 412 g/mol. The molecule has 0 N–H and O–H groups in total. The molecule has 6 heteroatoms. The predicted molar refractivity (Wildman–Crippen MR) is 83.4 cm³/mol. The minimum absolute atomic E-state index is 0.0939. The van der Waals surface area contributed by atoms with Crippen molar-refractivity contribution < 1.29 is 22.7 Å². The third-order valence-electron chi connectivity index (χ3n) is 3.27. The Labute approximate surface area is 128 Å². The summed E-state index contributed by atoms with van der Waals surface area (Å²) in [5.41, 5.74) is 1.82. The number of alkyl halides is 6. The Kier molecular flexibility index (Phi) is 5.29. The van der Waals surface area contributed by atoms with Gasteiger partial charge in [0.15, 0.2) is 0 Å². The molecule has 1 aromatic rings. The topological polar surface area (TPSA) is 26.3 Å². The van der Waals surface area contributed by atoms with E-state index in [-0.39, 0.29) is 21.0 Å². The summed E-state index contributed by atoms with van der Waals surface area (Å²) in [6, 6.07) is 9.11. The number of carbonyl (C=O) groups excluding carboxylic acids is 1. The van der Waals surface area contributed by atoms with Gasteiger partial charge in [0.1, 0.15) is 0 Å². The van der Waals surface area contributed by atoms with Crippen LogP contribution in [0.3, 0.4) is 0 Å². The molecule has 21 heavy (non-hydrogen) atoms. The normalized spacial score (nSPS) is 17.8. The van der Waals surface area contributed by atoms with Gasteiger partial charge in [-0.1, -0.05) is 0 Å². The van der Waals surface area contributed by atoms with Crippen molar-refractivity contribution in [2.75, 3.05) is 8.86 Å². The first-order valence-electron chi connectivity index (χ1n) is 6.46. The van der Waals surface area contributed by atoms with Crippen LogP contribution in [0.1, 0.15) is 18.9 Å². The molecular weight excluding hydrogens is 396 g/mol. The summed E-state index contributed by atoms with van der Waals surface area (Å²) in [4.78, 5) is 12.0. The van der Waals surface area contributed by atoms with E-state index in [1.54, 1.807) is 6.92 Å². The van der Waals surface area contributed by atoms with E-state index in [0.717, 1.165) is 11.1 Å². The van der Waals surface area contributed by atoms with Crippen LogP contribution in [0.15, 0.2) is 41.5 Å². The van der Waals surface area contributed by atoms with Gasteiger partial charge in [0.05, 0.1) is 0 Å². The van der Waals surface area contributed by atoms with E-state index < -0.39 is 30.0 Å². The van der Waals surface area contributed by atoms with Gasteiger partial charge in [-0.15, -0.1) is 0 Å². The Balaban J connectivity index is 2.00. The van der Waals surface area contributed by atoms with Gasteiger partial charge in [-0.2, -0.15) is 0 Å². The van der Waals surface area contributed by atoms with Crippen molar-refractivity contribution >= 4 is 25.8 Å². The molecule has 0 spiro atoms. The summed E-state index contributed by atoms with van der Waals surface area (Å²) in [6.07, 6.45) is 0.361. The molecule has 0 aliphatic carbocycles. The second-order valence-corrected chi connectivity index (χ2v) is 10.4. The molecule has 1 aromatic carbocycles. The van der Waals surface area contributed by atoms with E-state index in [1.807, 2.05) is 30.3 Å². The molecule has 1 heterocycles. The summed E-state index contributed by atoms with van der Waals surface area (Å²) in [5, 5.41) is 0. The van der Waals surface area contributed by atoms with Crippen LogP contribution in [0.2, 0.25) is 0 Å². The molecule has 0 fully saturated rings. The first-order chi connectivity index (χ1) is 9.88. The quantitative estimate of drug-likeness (QED) is 0.416. The Hall–Kier alpha value is -1.05. The molecule has 116 valence electrons. The van der Waals surface area contributed by atoms with Gasteiger partial charge in [0.2, 0.25) is 0 Å². The van der Waals surface area contributed by atoms with Gasteiger partial charge in [-0.3, -0.25) is 0 Å². The molecule has 0 amide bonds. The van der Waals surface area contributed by atoms with Crippen LogP contribution in [0.25, 0.3) is 0 Å². The number of allylic oxidation sites excluding steroid dienone is 1. The van der Waals surface area contributed by atoms with Gasteiger partial charge >= 0.3 is 129 Å². The maximum atomic E-state index is 12.9. The van der Waals surface area contributed by atoms with Crippen LogP contribution in [0.5, 0.6) is 0 Å². The SMILES string of the molecule is CC1=C(C(=O)OCc2ccccc2)CI(C(F)(F)F)CC1. The molecule has 1 aliphatic heterocycles. The zero-order valence-electron chi connectivity index (χ0n) is 11.5. The third-order valence-corrected chi connectivity index (χ3v) is 8.52. The molecule has 1 aliphatic rings. The molecule has 0 bridgehead atoms. The van der Waals surface area contributed by atoms with Crippen LogP contribution >= 0.6 is 19.8 Å². The van der Waals surface area contributed by atoms with Crippen molar-refractivity contribution in [1.29, 1.82) is 0 Å². The summed E-state index contributed by atoms with van der Waals surface area (Å²) in [6.45, 7) is 1.82. The average Bonchev–Trinajstić information content (AvgIpc) is 2.45. The summed E-state index contributed by atoms with van der Waals surface area (Å²) in [7, 11) is 0. The van der Waals surface area contributed by atoms with Gasteiger partial charge in [-0.25, -0.2) is 0 Å². The standard InChI is InChI=1S/C15H16F3IO2/c1-11-7-8-19(15(16,17)18)9-13(11)14(20)21-10-12-5-3-2-4-6-12/h2-6H,7-10H2,1H3. The third kappa shape index (κ3) is 4.46. The molecule has 0 radical (unpaired) electrons. The number of carbonyl (C=O) groups is 1.